The minimum absolute atomic E-state index is 0.0849. The highest BCUT2D eigenvalue weighted by atomic mass is 16.8. The van der Waals surface area contributed by atoms with E-state index in [9.17, 15) is 80.8 Å². The smallest absolute Gasteiger partial charge is 0.335 e. The SMILES string of the molecule is C/C=C(/C)C(=O)O[C@H]1[C@H](OC(C)=O)[C@@]2(CO)C(CC1(C)C)C1=CC[C@@H]3[C@@]4(C)CC[C@H](O[C@@H]5O[C@H](C(=O)O)[C@@H](O[C@@H]6O[C@H](CO)[C@@H](O)[C@H](O)[C@H]6O)[C@H](O)[C@H]5O[C@@H]5OC(CO)[C@@H](O)[C@H](O)[C@H]5O)[C@](C)(CO)[C@@H]4CC[C@@]3(C)[C@]1(C)C[C@H]2O. The zero-order chi connectivity index (χ0) is 58.4. The van der Waals surface area contributed by atoms with E-state index in [0.29, 0.717) is 37.7 Å². The molecule has 0 spiro atoms. The molecular weight excluding hydrogens is 1040 g/mol. The molecule has 27 atom stereocenters. The number of rotatable bonds is 14. The Balaban J connectivity index is 1.12. The molecule has 79 heavy (non-hydrogen) atoms. The van der Waals surface area contributed by atoms with Crippen LogP contribution < -0.4 is 0 Å². The average molecular weight is 1130 g/mol. The Morgan fingerprint density at radius 2 is 1.24 bits per heavy atom. The van der Waals surface area contributed by atoms with Crippen LogP contribution in [-0.4, -0.2) is 227 Å². The number of fused-ring (bicyclic) bond motifs is 7. The van der Waals surface area contributed by atoms with Gasteiger partial charge in [-0.15, -0.1) is 0 Å². The van der Waals surface area contributed by atoms with Gasteiger partial charge in [0.25, 0.3) is 0 Å². The van der Waals surface area contributed by atoms with Crippen LogP contribution in [0.2, 0.25) is 0 Å². The zero-order valence-corrected chi connectivity index (χ0v) is 46.4. The van der Waals surface area contributed by atoms with Crippen molar-refractivity contribution in [3.8, 4) is 0 Å². The monoisotopic (exact) mass is 1130 g/mol. The van der Waals surface area contributed by atoms with E-state index in [1.165, 1.54) is 6.92 Å². The third kappa shape index (κ3) is 9.94. The fraction of sp³-hybridized carbons (Fsp3) is 0.873. The van der Waals surface area contributed by atoms with Gasteiger partial charge in [0.15, 0.2) is 25.0 Å². The second-order valence-corrected chi connectivity index (χ2v) is 25.5. The largest absolute Gasteiger partial charge is 0.479 e. The quantitative estimate of drug-likeness (QED) is 0.0415. The average Bonchev–Trinajstić information content (AvgIpc) is 3.25. The van der Waals surface area contributed by atoms with Crippen LogP contribution in [0.5, 0.6) is 0 Å². The first-order chi connectivity index (χ1) is 36.9. The molecule has 24 heteroatoms. The van der Waals surface area contributed by atoms with Crippen LogP contribution in [0.3, 0.4) is 0 Å². The van der Waals surface area contributed by atoms with Crippen molar-refractivity contribution in [2.75, 3.05) is 26.4 Å². The normalized spacial score (nSPS) is 50.6. The van der Waals surface area contributed by atoms with Crippen LogP contribution in [0.4, 0.5) is 0 Å². The molecule has 0 radical (unpaired) electrons. The Bertz CT molecular complexity index is 2290. The summed E-state index contributed by atoms with van der Waals surface area (Å²) in [6.45, 7) is 14.1. The topological polar surface area (TPSA) is 388 Å². The number of aliphatic carboxylic acids is 1. The maximum absolute atomic E-state index is 13.4. The Hall–Kier alpha value is -2.83. The van der Waals surface area contributed by atoms with E-state index >= 15 is 0 Å². The van der Waals surface area contributed by atoms with E-state index in [1.807, 2.05) is 20.8 Å². The molecule has 13 N–H and O–H groups in total. The van der Waals surface area contributed by atoms with Crippen molar-refractivity contribution < 1.29 is 119 Å². The Morgan fingerprint density at radius 3 is 1.76 bits per heavy atom. The van der Waals surface area contributed by atoms with Gasteiger partial charge in [-0.3, -0.25) is 4.79 Å². The number of carbonyl (C=O) groups is 3. The predicted molar refractivity (Wildman–Crippen MR) is 269 cm³/mol. The summed E-state index contributed by atoms with van der Waals surface area (Å²) in [4.78, 5) is 39.5. The Labute approximate surface area is 459 Å². The zero-order valence-electron chi connectivity index (χ0n) is 46.4. The standard InChI is InChI=1S/C55H86O24/c1-10-23(2)46(71)79-43-44(72-24(3)60)55(22-59)26(17-50(43,4)5)25-11-12-30-51(6)15-14-32(52(7,21-58)29(51)13-16-53(30,8)54(25,9)18-31(55)61)75-49-41(77-48-38(67)36(65)34(63)28(20-57)74-48)39(68)40(42(78-49)45(69)70)76-47-37(66)35(64)33(62)27(19-56)73-47/h10-11,26-44,47-49,56-59,61-68H,12-22H2,1-9H3,(H,69,70)/b23-10-/t26?,27-,28?,29-,30-,31-,32+,33-,34-,35+,36+,37-,38-,39+,40+,41-,42+,43+,44+,47+,48+,49-,51+,52-,53-,54-,55+/m1/s1. The highest BCUT2D eigenvalue weighted by molar-refractivity contribution is 5.87. The van der Waals surface area contributed by atoms with Gasteiger partial charge in [0.1, 0.15) is 79.4 Å². The number of carbonyl (C=O) groups excluding carboxylic acids is 2. The molecule has 0 bridgehead atoms. The summed E-state index contributed by atoms with van der Waals surface area (Å²) in [6.07, 6.45) is -26.5. The molecule has 3 heterocycles. The molecule has 5 aliphatic carbocycles. The fourth-order valence-electron chi connectivity index (χ4n) is 16.2. The number of carboxylic acids is 1. The molecule has 8 rings (SSSR count). The molecule has 450 valence electrons. The fourth-order valence-corrected chi connectivity index (χ4v) is 16.2. The van der Waals surface area contributed by atoms with Crippen molar-refractivity contribution in [1.82, 2.24) is 0 Å². The first kappa shape index (κ1) is 62.2. The van der Waals surface area contributed by atoms with Crippen molar-refractivity contribution in [2.24, 2.45) is 50.2 Å². The molecule has 4 saturated carbocycles. The Kier molecular flexibility index (Phi) is 17.8. The number of allylic oxidation sites excluding steroid dienone is 3. The molecule has 0 amide bonds. The van der Waals surface area contributed by atoms with Crippen LogP contribution in [-0.2, 0) is 52.3 Å². The van der Waals surface area contributed by atoms with Crippen molar-refractivity contribution in [1.29, 1.82) is 0 Å². The van der Waals surface area contributed by atoms with E-state index < -0.39 is 199 Å². The van der Waals surface area contributed by atoms with Gasteiger partial charge in [-0.1, -0.05) is 59.3 Å². The summed E-state index contributed by atoms with van der Waals surface area (Å²) in [5, 5.41) is 143. The lowest BCUT2D eigenvalue weighted by Gasteiger charge is -2.72. The van der Waals surface area contributed by atoms with Gasteiger partial charge < -0.3 is 104 Å². The van der Waals surface area contributed by atoms with Gasteiger partial charge in [-0.25, -0.2) is 9.59 Å². The second kappa shape index (κ2) is 22.6. The molecular formula is C55H86O24. The highest BCUT2D eigenvalue weighted by Crippen LogP contribution is 2.76. The van der Waals surface area contributed by atoms with Crippen molar-refractivity contribution >= 4 is 17.9 Å². The molecule has 8 aliphatic rings. The van der Waals surface area contributed by atoms with Gasteiger partial charge >= 0.3 is 17.9 Å². The summed E-state index contributed by atoms with van der Waals surface area (Å²) in [6, 6.07) is 0. The first-order valence-electron chi connectivity index (χ1n) is 27.7. The highest BCUT2D eigenvalue weighted by Gasteiger charge is 2.74. The summed E-state index contributed by atoms with van der Waals surface area (Å²) >= 11 is 0. The second-order valence-electron chi connectivity index (χ2n) is 25.5. The third-order valence-electron chi connectivity index (χ3n) is 21.1. The summed E-state index contributed by atoms with van der Waals surface area (Å²) in [5.41, 5.74) is -3.78. The van der Waals surface area contributed by atoms with Crippen LogP contribution in [0.1, 0.15) is 107 Å². The van der Waals surface area contributed by atoms with Gasteiger partial charge in [0.05, 0.1) is 44.1 Å². The lowest BCUT2D eigenvalue weighted by molar-refractivity contribution is -0.392. The first-order valence-corrected chi connectivity index (χ1v) is 27.7. The van der Waals surface area contributed by atoms with E-state index in [-0.39, 0.29) is 24.7 Å². The van der Waals surface area contributed by atoms with E-state index in [0.717, 1.165) is 5.57 Å². The molecule has 2 unspecified atom stereocenters. The van der Waals surface area contributed by atoms with Crippen molar-refractivity contribution in [3.05, 3.63) is 23.3 Å². The Morgan fingerprint density at radius 1 is 0.658 bits per heavy atom. The molecule has 0 aromatic heterocycles. The number of ether oxygens (including phenoxy) is 8. The number of aliphatic hydroxyl groups excluding tert-OH is 12. The van der Waals surface area contributed by atoms with E-state index in [4.69, 9.17) is 37.9 Å². The van der Waals surface area contributed by atoms with E-state index in [2.05, 4.69) is 26.8 Å². The number of aliphatic hydroxyl groups is 12. The van der Waals surface area contributed by atoms with Crippen LogP contribution in [0.15, 0.2) is 23.3 Å². The summed E-state index contributed by atoms with van der Waals surface area (Å²) in [5.74, 6) is -3.88. The maximum Gasteiger partial charge on any atom is 0.335 e. The number of carboxylic acid groups (broad SMARTS) is 1. The van der Waals surface area contributed by atoms with Gasteiger partial charge in [0.2, 0.25) is 0 Å². The third-order valence-corrected chi connectivity index (χ3v) is 21.1. The summed E-state index contributed by atoms with van der Waals surface area (Å²) in [7, 11) is 0. The molecule has 0 aromatic rings. The van der Waals surface area contributed by atoms with Crippen LogP contribution in [0.25, 0.3) is 0 Å². The lowest BCUT2D eigenvalue weighted by atomic mass is 9.33. The number of esters is 2. The number of hydrogen-bond acceptors (Lipinski definition) is 23. The molecule has 0 aromatic carbocycles. The molecule has 24 nitrogen and oxygen atoms in total. The molecule has 3 aliphatic heterocycles. The lowest BCUT2D eigenvalue weighted by Crippen LogP contribution is -2.72. The van der Waals surface area contributed by atoms with E-state index in [1.54, 1.807) is 19.9 Å². The molecule has 3 saturated heterocycles. The van der Waals surface area contributed by atoms with Crippen molar-refractivity contribution in [3.63, 3.8) is 0 Å². The van der Waals surface area contributed by atoms with Crippen LogP contribution >= 0.6 is 0 Å². The molecule has 7 fully saturated rings. The minimum atomic E-state index is -2.18. The van der Waals surface area contributed by atoms with Crippen LogP contribution in [0, 0.1) is 50.2 Å². The van der Waals surface area contributed by atoms with Gasteiger partial charge in [-0.2, -0.15) is 0 Å². The minimum Gasteiger partial charge on any atom is -0.479 e. The maximum atomic E-state index is 13.4. The number of hydrogen-bond donors (Lipinski definition) is 13. The van der Waals surface area contributed by atoms with Gasteiger partial charge in [0, 0.05) is 23.3 Å². The summed E-state index contributed by atoms with van der Waals surface area (Å²) < 4.78 is 48.2. The van der Waals surface area contributed by atoms with Crippen molar-refractivity contribution in [2.45, 2.75) is 224 Å². The predicted octanol–water partition coefficient (Wildman–Crippen LogP) is -1.32. The van der Waals surface area contributed by atoms with Gasteiger partial charge in [-0.05, 0) is 92.8 Å².